The van der Waals surface area contributed by atoms with E-state index in [9.17, 15) is 26.7 Å². The molecule has 3 heterocycles. The molecule has 0 unspecified atom stereocenters. The van der Waals surface area contributed by atoms with Gasteiger partial charge in [0.05, 0.1) is 12.2 Å². The number of carbonyl (C=O) groups is 1. The van der Waals surface area contributed by atoms with E-state index in [1.54, 1.807) is 17.8 Å². The van der Waals surface area contributed by atoms with E-state index in [0.29, 0.717) is 16.3 Å². The van der Waals surface area contributed by atoms with Crippen LogP contribution in [0.15, 0.2) is 24.4 Å². The van der Waals surface area contributed by atoms with Gasteiger partial charge < -0.3 is 4.90 Å². The van der Waals surface area contributed by atoms with Crippen molar-refractivity contribution in [2.75, 3.05) is 7.05 Å². The Balaban J connectivity index is 2.01. The molecular formula is C16H15F5N6O. The van der Waals surface area contributed by atoms with E-state index in [2.05, 4.69) is 15.2 Å². The second-order valence-electron chi connectivity index (χ2n) is 6.26. The Kier molecular flexibility index (Phi) is 4.60. The SMILES string of the molecule is Cc1cc(C(F)(F)C(F)(F)F)n2nc(C(=O)N(C)Cc3ccnn3C)cc2n1. The molecule has 7 nitrogen and oxygen atoms in total. The summed E-state index contributed by atoms with van der Waals surface area (Å²) in [5.74, 6) is -5.82. The van der Waals surface area contributed by atoms with E-state index >= 15 is 0 Å². The summed E-state index contributed by atoms with van der Waals surface area (Å²) in [6.45, 7) is 1.42. The zero-order chi connectivity index (χ0) is 20.9. The van der Waals surface area contributed by atoms with E-state index < -0.39 is 23.7 Å². The van der Waals surface area contributed by atoms with Crippen LogP contribution in [0.3, 0.4) is 0 Å². The third-order valence-electron chi connectivity index (χ3n) is 4.12. The van der Waals surface area contributed by atoms with Crippen LogP contribution < -0.4 is 0 Å². The van der Waals surface area contributed by atoms with Gasteiger partial charge in [-0.1, -0.05) is 0 Å². The van der Waals surface area contributed by atoms with E-state index in [4.69, 9.17) is 0 Å². The van der Waals surface area contributed by atoms with Gasteiger partial charge >= 0.3 is 12.1 Å². The van der Waals surface area contributed by atoms with Crippen molar-refractivity contribution in [3.8, 4) is 0 Å². The van der Waals surface area contributed by atoms with Crippen LogP contribution >= 0.6 is 0 Å². The fraction of sp³-hybridized carbons (Fsp3) is 0.375. The van der Waals surface area contributed by atoms with Crippen molar-refractivity contribution < 1.29 is 26.7 Å². The quantitative estimate of drug-likeness (QED) is 0.630. The van der Waals surface area contributed by atoms with Gasteiger partial charge in [0.1, 0.15) is 5.69 Å². The number of halogens is 5. The van der Waals surface area contributed by atoms with Crippen LogP contribution in [-0.2, 0) is 19.5 Å². The molecule has 0 N–H and O–H groups in total. The summed E-state index contributed by atoms with van der Waals surface area (Å²) in [5, 5.41) is 7.63. The summed E-state index contributed by atoms with van der Waals surface area (Å²) in [4.78, 5) is 17.7. The molecule has 12 heteroatoms. The number of rotatable bonds is 4. The molecule has 0 atom stereocenters. The van der Waals surface area contributed by atoms with Crippen LogP contribution in [0.25, 0.3) is 5.65 Å². The van der Waals surface area contributed by atoms with Crippen molar-refractivity contribution in [1.29, 1.82) is 0 Å². The molecule has 3 aromatic rings. The molecule has 0 aliphatic heterocycles. The Bertz CT molecular complexity index is 1040. The van der Waals surface area contributed by atoms with E-state index in [0.717, 1.165) is 6.07 Å². The van der Waals surface area contributed by atoms with Gasteiger partial charge in [-0.3, -0.25) is 9.48 Å². The van der Waals surface area contributed by atoms with Crippen LogP contribution in [0.2, 0.25) is 0 Å². The van der Waals surface area contributed by atoms with Crippen molar-refractivity contribution >= 4 is 11.6 Å². The minimum atomic E-state index is -5.82. The summed E-state index contributed by atoms with van der Waals surface area (Å²) in [7, 11) is 3.13. The maximum absolute atomic E-state index is 13.9. The van der Waals surface area contributed by atoms with Crippen molar-refractivity contribution in [3.05, 3.63) is 47.2 Å². The highest BCUT2D eigenvalue weighted by Crippen LogP contribution is 2.43. The molecule has 0 saturated carbocycles. The highest BCUT2D eigenvalue weighted by molar-refractivity contribution is 5.93. The van der Waals surface area contributed by atoms with Gasteiger partial charge in [0.25, 0.3) is 5.91 Å². The minimum absolute atomic E-state index is 0.0615. The average Bonchev–Trinajstić information content (AvgIpc) is 3.18. The van der Waals surface area contributed by atoms with E-state index in [1.807, 2.05) is 0 Å². The van der Waals surface area contributed by atoms with Gasteiger partial charge in [0.2, 0.25) is 0 Å². The standard InChI is InChI=1S/C16H15F5N6O/c1-9-6-12(15(17,18)16(19,20)21)27-13(23-9)7-11(24-27)14(28)25(2)8-10-4-5-22-26(10)3/h4-7H,8H2,1-3H3. The van der Waals surface area contributed by atoms with Gasteiger partial charge in [-0.2, -0.15) is 32.1 Å². The Hall–Kier alpha value is -3.05. The van der Waals surface area contributed by atoms with Gasteiger partial charge in [-0.25, -0.2) is 9.50 Å². The lowest BCUT2D eigenvalue weighted by Gasteiger charge is -2.20. The Morgan fingerprint density at radius 3 is 2.46 bits per heavy atom. The second kappa shape index (κ2) is 6.53. The predicted octanol–water partition coefficient (Wildman–Crippen LogP) is 2.70. The van der Waals surface area contributed by atoms with E-state index in [-0.39, 0.29) is 23.6 Å². The molecule has 0 aromatic carbocycles. The monoisotopic (exact) mass is 402 g/mol. The molecule has 0 aliphatic rings. The largest absolute Gasteiger partial charge is 0.459 e. The zero-order valence-corrected chi connectivity index (χ0v) is 15.0. The number of nitrogens with zero attached hydrogens (tertiary/aromatic N) is 6. The zero-order valence-electron chi connectivity index (χ0n) is 15.0. The van der Waals surface area contributed by atoms with Crippen molar-refractivity contribution in [3.63, 3.8) is 0 Å². The first-order valence-corrected chi connectivity index (χ1v) is 7.96. The normalized spacial score (nSPS) is 12.6. The molecule has 0 aliphatic carbocycles. The molecule has 1 amide bonds. The third-order valence-corrected chi connectivity index (χ3v) is 4.12. The first-order chi connectivity index (χ1) is 12.9. The number of aryl methyl sites for hydroxylation is 2. The number of amides is 1. The fourth-order valence-corrected chi connectivity index (χ4v) is 2.64. The molecule has 0 spiro atoms. The lowest BCUT2D eigenvalue weighted by molar-refractivity contribution is -0.291. The molecule has 3 rings (SSSR count). The Labute approximate surface area is 155 Å². The maximum Gasteiger partial charge on any atom is 0.459 e. The topological polar surface area (TPSA) is 68.3 Å². The van der Waals surface area contributed by atoms with Crippen LogP contribution in [0.1, 0.15) is 27.6 Å². The van der Waals surface area contributed by atoms with Crippen molar-refractivity contribution in [1.82, 2.24) is 29.3 Å². The van der Waals surface area contributed by atoms with Crippen LogP contribution in [0, 0.1) is 6.92 Å². The Morgan fingerprint density at radius 1 is 1.21 bits per heavy atom. The van der Waals surface area contributed by atoms with Crippen molar-refractivity contribution in [2.24, 2.45) is 7.05 Å². The first-order valence-electron chi connectivity index (χ1n) is 7.96. The van der Waals surface area contributed by atoms with Crippen LogP contribution in [0.5, 0.6) is 0 Å². The molecule has 150 valence electrons. The molecule has 0 radical (unpaired) electrons. The molecule has 0 bridgehead atoms. The second-order valence-corrected chi connectivity index (χ2v) is 6.26. The highest BCUT2D eigenvalue weighted by atomic mass is 19.4. The lowest BCUT2D eigenvalue weighted by Crippen LogP contribution is -2.36. The molecular weight excluding hydrogens is 387 g/mol. The Morgan fingerprint density at radius 2 is 1.89 bits per heavy atom. The van der Waals surface area contributed by atoms with Crippen LogP contribution in [-0.4, -0.2) is 48.4 Å². The number of hydrogen-bond donors (Lipinski definition) is 0. The van der Waals surface area contributed by atoms with Gasteiger partial charge in [-0.05, 0) is 19.1 Å². The highest BCUT2D eigenvalue weighted by Gasteiger charge is 2.60. The summed E-state index contributed by atoms with van der Waals surface area (Å²) < 4.78 is 68.2. The van der Waals surface area contributed by atoms with Crippen LogP contribution in [0.4, 0.5) is 22.0 Å². The minimum Gasteiger partial charge on any atom is -0.334 e. The van der Waals surface area contributed by atoms with Gasteiger partial charge in [-0.15, -0.1) is 0 Å². The van der Waals surface area contributed by atoms with Gasteiger partial charge in [0.15, 0.2) is 11.3 Å². The number of fused-ring (bicyclic) bond motifs is 1. The van der Waals surface area contributed by atoms with Crippen molar-refractivity contribution in [2.45, 2.75) is 25.6 Å². The molecule has 0 fully saturated rings. The molecule has 3 aromatic heterocycles. The van der Waals surface area contributed by atoms with Gasteiger partial charge in [0, 0.05) is 32.1 Å². The predicted molar refractivity (Wildman–Crippen MR) is 86.7 cm³/mol. The first kappa shape index (κ1) is 19.7. The molecule has 0 saturated heterocycles. The summed E-state index contributed by atoms with van der Waals surface area (Å²) in [6.07, 6.45) is -4.28. The number of alkyl halides is 5. The number of aromatic nitrogens is 5. The van der Waals surface area contributed by atoms with E-state index in [1.165, 1.54) is 25.1 Å². The average molecular weight is 402 g/mol. The molecule has 28 heavy (non-hydrogen) atoms. The fourth-order valence-electron chi connectivity index (χ4n) is 2.64. The lowest BCUT2D eigenvalue weighted by atomic mass is 10.2. The summed E-state index contributed by atoms with van der Waals surface area (Å²) in [6, 6.07) is 3.35. The maximum atomic E-state index is 13.9. The summed E-state index contributed by atoms with van der Waals surface area (Å²) in [5.41, 5.74) is -1.36. The third kappa shape index (κ3) is 3.29. The number of carbonyl (C=O) groups excluding carboxylic acids is 1. The number of hydrogen-bond acceptors (Lipinski definition) is 4. The summed E-state index contributed by atoms with van der Waals surface area (Å²) >= 11 is 0. The smallest absolute Gasteiger partial charge is 0.334 e.